The third-order valence-corrected chi connectivity index (χ3v) is 3.13. The van der Waals surface area contributed by atoms with Crippen LogP contribution in [0, 0.1) is 0 Å². The number of hydrogen-bond donors (Lipinski definition) is 2. The number of nitrogens with zero attached hydrogens (tertiary/aromatic N) is 2. The van der Waals surface area contributed by atoms with Crippen LogP contribution in [0.1, 0.15) is 11.6 Å². The molecule has 0 saturated heterocycles. The van der Waals surface area contributed by atoms with Gasteiger partial charge in [0.1, 0.15) is 0 Å². The average Bonchev–Trinajstić information content (AvgIpc) is 3.03. The molecule has 0 spiro atoms. The SMILES string of the molecule is OCC(Nc1noc(-c2ccccc2)n1)c1ccccc1. The van der Waals surface area contributed by atoms with Crippen molar-refractivity contribution in [3.63, 3.8) is 0 Å². The van der Waals surface area contributed by atoms with E-state index in [4.69, 9.17) is 4.52 Å². The van der Waals surface area contributed by atoms with E-state index in [2.05, 4.69) is 15.5 Å². The molecule has 21 heavy (non-hydrogen) atoms. The Morgan fingerprint density at radius 1 is 1.00 bits per heavy atom. The summed E-state index contributed by atoms with van der Waals surface area (Å²) in [6.07, 6.45) is 0. The molecule has 0 amide bonds. The van der Waals surface area contributed by atoms with E-state index in [0.29, 0.717) is 11.8 Å². The first-order valence-electron chi connectivity index (χ1n) is 6.68. The molecular weight excluding hydrogens is 266 g/mol. The van der Waals surface area contributed by atoms with Gasteiger partial charge in [-0.05, 0) is 22.9 Å². The molecule has 3 rings (SSSR count). The topological polar surface area (TPSA) is 71.2 Å². The van der Waals surface area contributed by atoms with Crippen molar-refractivity contribution in [1.29, 1.82) is 0 Å². The summed E-state index contributed by atoms with van der Waals surface area (Å²) in [5, 5.41) is 16.5. The lowest BCUT2D eigenvalue weighted by Gasteiger charge is -2.14. The Labute approximate surface area is 122 Å². The van der Waals surface area contributed by atoms with E-state index in [1.54, 1.807) is 0 Å². The second-order valence-corrected chi connectivity index (χ2v) is 4.58. The fourth-order valence-corrected chi connectivity index (χ4v) is 2.06. The zero-order valence-corrected chi connectivity index (χ0v) is 11.3. The fourth-order valence-electron chi connectivity index (χ4n) is 2.06. The number of rotatable bonds is 5. The maximum absolute atomic E-state index is 9.52. The summed E-state index contributed by atoms with van der Waals surface area (Å²) < 4.78 is 5.23. The van der Waals surface area contributed by atoms with Crippen LogP contribution in [0.15, 0.2) is 65.2 Å². The second-order valence-electron chi connectivity index (χ2n) is 4.58. The van der Waals surface area contributed by atoms with Crippen molar-refractivity contribution in [3.05, 3.63) is 66.2 Å². The van der Waals surface area contributed by atoms with Gasteiger partial charge in [-0.25, -0.2) is 0 Å². The van der Waals surface area contributed by atoms with Gasteiger partial charge in [0.2, 0.25) is 0 Å². The van der Waals surface area contributed by atoms with Gasteiger partial charge in [0.05, 0.1) is 12.6 Å². The molecule has 0 saturated carbocycles. The van der Waals surface area contributed by atoms with Crippen molar-refractivity contribution in [3.8, 4) is 11.5 Å². The van der Waals surface area contributed by atoms with Gasteiger partial charge in [0.15, 0.2) is 0 Å². The molecule has 106 valence electrons. The molecule has 0 bridgehead atoms. The number of nitrogens with one attached hydrogen (secondary N) is 1. The smallest absolute Gasteiger partial charge is 0.264 e. The minimum absolute atomic E-state index is 0.0563. The van der Waals surface area contributed by atoms with Crippen molar-refractivity contribution in [2.24, 2.45) is 0 Å². The quantitative estimate of drug-likeness (QED) is 0.752. The summed E-state index contributed by atoms with van der Waals surface area (Å²) >= 11 is 0. The van der Waals surface area contributed by atoms with E-state index in [9.17, 15) is 5.11 Å². The van der Waals surface area contributed by atoms with Gasteiger partial charge in [0.25, 0.3) is 11.8 Å². The molecule has 1 atom stereocenters. The molecule has 0 aliphatic heterocycles. The van der Waals surface area contributed by atoms with E-state index < -0.39 is 0 Å². The summed E-state index contributed by atoms with van der Waals surface area (Å²) in [6.45, 7) is -0.0563. The van der Waals surface area contributed by atoms with Gasteiger partial charge in [-0.2, -0.15) is 4.98 Å². The van der Waals surface area contributed by atoms with Crippen LogP contribution in [0.5, 0.6) is 0 Å². The molecule has 0 aliphatic carbocycles. The van der Waals surface area contributed by atoms with Crippen molar-refractivity contribution < 1.29 is 9.63 Å². The Morgan fingerprint density at radius 3 is 2.33 bits per heavy atom. The summed E-state index contributed by atoms with van der Waals surface area (Å²) in [5.41, 5.74) is 1.82. The molecular formula is C16H15N3O2. The maximum Gasteiger partial charge on any atom is 0.264 e. The number of aliphatic hydroxyl groups is 1. The monoisotopic (exact) mass is 281 g/mol. The molecule has 1 unspecified atom stereocenters. The van der Waals surface area contributed by atoms with Crippen LogP contribution in [0.3, 0.4) is 0 Å². The van der Waals surface area contributed by atoms with Crippen molar-refractivity contribution in [2.45, 2.75) is 6.04 Å². The predicted octanol–water partition coefficient (Wildman–Crippen LogP) is 2.88. The van der Waals surface area contributed by atoms with Gasteiger partial charge in [0, 0.05) is 5.56 Å². The summed E-state index contributed by atoms with van der Waals surface area (Å²) in [7, 11) is 0. The summed E-state index contributed by atoms with van der Waals surface area (Å²) in [6, 6.07) is 18.9. The highest BCUT2D eigenvalue weighted by Crippen LogP contribution is 2.21. The first-order chi connectivity index (χ1) is 10.4. The highest BCUT2D eigenvalue weighted by atomic mass is 16.5. The number of aromatic nitrogens is 2. The molecule has 0 aliphatic rings. The van der Waals surface area contributed by atoms with Gasteiger partial charge in [-0.1, -0.05) is 48.5 Å². The van der Waals surface area contributed by atoms with E-state index in [1.165, 1.54) is 0 Å². The van der Waals surface area contributed by atoms with Crippen molar-refractivity contribution in [2.75, 3.05) is 11.9 Å². The Hall–Kier alpha value is -2.66. The van der Waals surface area contributed by atoms with E-state index in [1.807, 2.05) is 60.7 Å². The third-order valence-electron chi connectivity index (χ3n) is 3.13. The van der Waals surface area contributed by atoms with E-state index in [0.717, 1.165) is 11.1 Å². The van der Waals surface area contributed by atoms with Crippen LogP contribution in [-0.2, 0) is 0 Å². The summed E-state index contributed by atoms with van der Waals surface area (Å²) in [5.74, 6) is 0.805. The standard InChI is InChI=1S/C16H15N3O2/c20-11-14(12-7-3-1-4-8-12)17-16-18-15(21-19-16)13-9-5-2-6-10-13/h1-10,14,20H,11H2,(H,17,19). The number of hydrogen-bond acceptors (Lipinski definition) is 5. The Balaban J connectivity index is 1.78. The molecule has 0 fully saturated rings. The number of benzene rings is 2. The van der Waals surface area contributed by atoms with Crippen LogP contribution < -0.4 is 5.32 Å². The minimum atomic E-state index is -0.271. The van der Waals surface area contributed by atoms with Gasteiger partial charge >= 0.3 is 0 Å². The Morgan fingerprint density at radius 2 is 1.67 bits per heavy atom. The maximum atomic E-state index is 9.52. The molecule has 5 heteroatoms. The largest absolute Gasteiger partial charge is 0.394 e. The zero-order chi connectivity index (χ0) is 14.5. The lowest BCUT2D eigenvalue weighted by atomic mass is 10.1. The highest BCUT2D eigenvalue weighted by molar-refractivity contribution is 5.53. The molecule has 1 aromatic heterocycles. The first-order valence-corrected chi connectivity index (χ1v) is 6.68. The predicted molar refractivity (Wildman–Crippen MR) is 79.6 cm³/mol. The lowest BCUT2D eigenvalue weighted by molar-refractivity contribution is 0.275. The summed E-state index contributed by atoms with van der Waals surface area (Å²) in [4.78, 5) is 4.29. The Bertz CT molecular complexity index is 683. The van der Waals surface area contributed by atoms with Crippen molar-refractivity contribution >= 4 is 5.95 Å². The number of aliphatic hydroxyl groups excluding tert-OH is 1. The van der Waals surface area contributed by atoms with Crippen LogP contribution in [-0.4, -0.2) is 21.9 Å². The molecule has 2 N–H and O–H groups in total. The van der Waals surface area contributed by atoms with Gasteiger partial charge < -0.3 is 14.9 Å². The van der Waals surface area contributed by atoms with Crippen LogP contribution in [0.2, 0.25) is 0 Å². The van der Waals surface area contributed by atoms with E-state index >= 15 is 0 Å². The molecule has 0 radical (unpaired) electrons. The van der Waals surface area contributed by atoms with Crippen molar-refractivity contribution in [1.82, 2.24) is 10.1 Å². The van der Waals surface area contributed by atoms with Gasteiger partial charge in [-0.3, -0.25) is 0 Å². The first kappa shape index (κ1) is 13.3. The van der Waals surface area contributed by atoms with Gasteiger partial charge in [-0.15, -0.1) is 0 Å². The molecule has 5 nitrogen and oxygen atoms in total. The lowest BCUT2D eigenvalue weighted by Crippen LogP contribution is -2.15. The average molecular weight is 281 g/mol. The minimum Gasteiger partial charge on any atom is -0.394 e. The molecule has 3 aromatic rings. The normalized spacial score (nSPS) is 12.0. The zero-order valence-electron chi connectivity index (χ0n) is 11.3. The molecule has 1 heterocycles. The van der Waals surface area contributed by atoms with Crippen LogP contribution in [0.4, 0.5) is 5.95 Å². The fraction of sp³-hybridized carbons (Fsp3) is 0.125. The number of anilines is 1. The Kier molecular flexibility index (Phi) is 3.93. The van der Waals surface area contributed by atoms with Crippen LogP contribution in [0.25, 0.3) is 11.5 Å². The molecule has 2 aromatic carbocycles. The van der Waals surface area contributed by atoms with Crippen LogP contribution >= 0.6 is 0 Å². The second kappa shape index (κ2) is 6.19. The third kappa shape index (κ3) is 3.09. The van der Waals surface area contributed by atoms with E-state index in [-0.39, 0.29) is 12.6 Å². The highest BCUT2D eigenvalue weighted by Gasteiger charge is 2.14.